The maximum atomic E-state index is 12.0. The van der Waals surface area contributed by atoms with Gasteiger partial charge in [0.2, 0.25) is 0 Å². The van der Waals surface area contributed by atoms with Gasteiger partial charge in [0.05, 0.1) is 9.26 Å². The van der Waals surface area contributed by atoms with Crippen molar-refractivity contribution in [3.8, 4) is 0 Å². The SMILES string of the molecule is CC1CCCC(c2nc(C3CC3)c(I)c(=O)[nH]2)C1. The first kappa shape index (κ1) is 12.6. The van der Waals surface area contributed by atoms with Gasteiger partial charge in [0, 0.05) is 11.8 Å². The van der Waals surface area contributed by atoms with Crippen molar-refractivity contribution in [2.45, 2.75) is 57.3 Å². The molecule has 4 heteroatoms. The molecule has 0 spiro atoms. The lowest BCUT2D eigenvalue weighted by Crippen LogP contribution is -2.22. The normalized spacial score (nSPS) is 28.3. The molecule has 98 valence electrons. The van der Waals surface area contributed by atoms with E-state index in [0.717, 1.165) is 21.0 Å². The molecule has 3 nitrogen and oxygen atoms in total. The lowest BCUT2D eigenvalue weighted by atomic mass is 9.82. The summed E-state index contributed by atoms with van der Waals surface area (Å²) >= 11 is 2.15. The van der Waals surface area contributed by atoms with E-state index in [4.69, 9.17) is 4.98 Å². The number of aromatic amines is 1. The van der Waals surface area contributed by atoms with E-state index in [2.05, 4.69) is 34.5 Å². The van der Waals surface area contributed by atoms with Crippen molar-refractivity contribution in [3.05, 3.63) is 25.4 Å². The molecule has 0 radical (unpaired) electrons. The van der Waals surface area contributed by atoms with Gasteiger partial charge >= 0.3 is 0 Å². The molecule has 2 unspecified atom stereocenters. The van der Waals surface area contributed by atoms with E-state index < -0.39 is 0 Å². The maximum absolute atomic E-state index is 12.0. The van der Waals surface area contributed by atoms with Crippen LogP contribution in [0.25, 0.3) is 0 Å². The number of hydrogen-bond acceptors (Lipinski definition) is 2. The Morgan fingerprint density at radius 1 is 1.22 bits per heavy atom. The third kappa shape index (κ3) is 2.49. The van der Waals surface area contributed by atoms with E-state index >= 15 is 0 Å². The fourth-order valence-electron chi connectivity index (χ4n) is 3.00. The second-order valence-corrected chi connectivity index (χ2v) is 6.97. The Labute approximate surface area is 121 Å². The zero-order chi connectivity index (χ0) is 12.7. The van der Waals surface area contributed by atoms with Crippen molar-refractivity contribution in [2.75, 3.05) is 0 Å². The van der Waals surface area contributed by atoms with E-state index in [0.29, 0.717) is 11.8 Å². The zero-order valence-electron chi connectivity index (χ0n) is 10.7. The topological polar surface area (TPSA) is 45.8 Å². The maximum Gasteiger partial charge on any atom is 0.264 e. The van der Waals surface area contributed by atoms with Crippen molar-refractivity contribution in [2.24, 2.45) is 5.92 Å². The third-order valence-corrected chi connectivity index (χ3v) is 5.24. The van der Waals surface area contributed by atoms with Crippen LogP contribution in [0.5, 0.6) is 0 Å². The Hall–Kier alpha value is -0.390. The van der Waals surface area contributed by atoms with Crippen LogP contribution in [0.15, 0.2) is 4.79 Å². The van der Waals surface area contributed by atoms with Gasteiger partial charge in [-0.2, -0.15) is 0 Å². The Kier molecular flexibility index (Phi) is 3.47. The number of aromatic nitrogens is 2. The Morgan fingerprint density at radius 3 is 2.67 bits per heavy atom. The van der Waals surface area contributed by atoms with E-state index in [1.165, 1.54) is 38.5 Å². The summed E-state index contributed by atoms with van der Waals surface area (Å²) in [6.07, 6.45) is 7.34. The molecule has 1 N–H and O–H groups in total. The molecule has 2 saturated carbocycles. The highest BCUT2D eigenvalue weighted by molar-refractivity contribution is 14.1. The lowest BCUT2D eigenvalue weighted by Gasteiger charge is -2.26. The lowest BCUT2D eigenvalue weighted by molar-refractivity contribution is 0.334. The number of nitrogens with zero attached hydrogens (tertiary/aromatic N) is 1. The monoisotopic (exact) mass is 358 g/mol. The minimum absolute atomic E-state index is 0.0701. The Morgan fingerprint density at radius 2 is 2.00 bits per heavy atom. The molecule has 0 aliphatic heterocycles. The highest BCUT2D eigenvalue weighted by Crippen LogP contribution is 2.41. The molecule has 0 bridgehead atoms. The van der Waals surface area contributed by atoms with Crippen molar-refractivity contribution >= 4 is 22.6 Å². The van der Waals surface area contributed by atoms with Crippen molar-refractivity contribution < 1.29 is 0 Å². The third-order valence-electron chi connectivity index (χ3n) is 4.19. The first-order valence-corrected chi connectivity index (χ1v) is 8.02. The number of hydrogen-bond donors (Lipinski definition) is 1. The summed E-state index contributed by atoms with van der Waals surface area (Å²) in [5.41, 5.74) is 1.13. The minimum atomic E-state index is 0.0701. The van der Waals surface area contributed by atoms with Crippen LogP contribution >= 0.6 is 22.6 Å². The largest absolute Gasteiger partial charge is 0.309 e. The molecule has 18 heavy (non-hydrogen) atoms. The molecular formula is C14H19IN2O. The van der Waals surface area contributed by atoms with Gasteiger partial charge in [0.15, 0.2) is 0 Å². The van der Waals surface area contributed by atoms with Gasteiger partial charge < -0.3 is 4.98 Å². The van der Waals surface area contributed by atoms with Crippen LogP contribution < -0.4 is 5.56 Å². The van der Waals surface area contributed by atoms with E-state index in [1.54, 1.807) is 0 Å². The quantitative estimate of drug-likeness (QED) is 0.822. The summed E-state index contributed by atoms with van der Waals surface area (Å²) in [5.74, 6) is 2.74. The first-order chi connectivity index (χ1) is 8.65. The first-order valence-electron chi connectivity index (χ1n) is 6.94. The molecule has 2 atom stereocenters. The van der Waals surface area contributed by atoms with Gasteiger partial charge in [0.1, 0.15) is 5.82 Å². The Balaban J connectivity index is 1.94. The molecule has 2 aliphatic carbocycles. The predicted octanol–water partition coefficient (Wildman–Crippen LogP) is 3.55. The summed E-state index contributed by atoms with van der Waals surface area (Å²) < 4.78 is 0.808. The van der Waals surface area contributed by atoms with Gasteiger partial charge in [-0.05, 0) is 54.2 Å². The summed E-state index contributed by atoms with van der Waals surface area (Å²) in [5, 5.41) is 0. The zero-order valence-corrected chi connectivity index (χ0v) is 12.9. The van der Waals surface area contributed by atoms with Gasteiger partial charge in [0.25, 0.3) is 5.56 Å². The second-order valence-electron chi connectivity index (χ2n) is 5.89. The van der Waals surface area contributed by atoms with Crippen LogP contribution in [-0.4, -0.2) is 9.97 Å². The predicted molar refractivity (Wildman–Crippen MR) is 79.9 cm³/mol. The van der Waals surface area contributed by atoms with Crippen molar-refractivity contribution in [1.29, 1.82) is 0 Å². The fraction of sp³-hybridized carbons (Fsp3) is 0.714. The summed E-state index contributed by atoms with van der Waals surface area (Å²) in [7, 11) is 0. The number of H-pyrrole nitrogens is 1. The van der Waals surface area contributed by atoms with Crippen LogP contribution in [0.2, 0.25) is 0 Å². The summed E-state index contributed by atoms with van der Waals surface area (Å²) in [6, 6.07) is 0. The number of halogens is 1. The fourth-order valence-corrected chi connectivity index (χ4v) is 3.69. The molecule has 1 aromatic heterocycles. The average molecular weight is 358 g/mol. The van der Waals surface area contributed by atoms with Crippen LogP contribution in [0.1, 0.15) is 68.8 Å². The number of nitrogens with one attached hydrogen (secondary N) is 1. The molecule has 1 heterocycles. The standard InChI is InChI=1S/C14H19IN2O/c1-8-3-2-4-10(7-8)13-16-12(9-5-6-9)11(15)14(18)17-13/h8-10H,2-7H2,1H3,(H,16,17,18). The molecule has 2 aliphatic rings. The number of rotatable bonds is 2. The van der Waals surface area contributed by atoms with Crippen LogP contribution in [0.4, 0.5) is 0 Å². The van der Waals surface area contributed by atoms with Crippen molar-refractivity contribution in [3.63, 3.8) is 0 Å². The molecule has 0 amide bonds. The van der Waals surface area contributed by atoms with Crippen molar-refractivity contribution in [1.82, 2.24) is 9.97 Å². The van der Waals surface area contributed by atoms with Gasteiger partial charge in [-0.15, -0.1) is 0 Å². The van der Waals surface area contributed by atoms with Crippen LogP contribution in [0, 0.1) is 9.49 Å². The summed E-state index contributed by atoms with van der Waals surface area (Å²) in [4.78, 5) is 19.8. The second kappa shape index (κ2) is 4.94. The summed E-state index contributed by atoms with van der Waals surface area (Å²) in [6.45, 7) is 2.30. The Bertz CT molecular complexity index is 507. The van der Waals surface area contributed by atoms with E-state index in [-0.39, 0.29) is 5.56 Å². The molecule has 0 aromatic carbocycles. The average Bonchev–Trinajstić information content (AvgIpc) is 3.16. The molecular weight excluding hydrogens is 339 g/mol. The van der Waals surface area contributed by atoms with Crippen LogP contribution in [0.3, 0.4) is 0 Å². The van der Waals surface area contributed by atoms with Gasteiger partial charge in [-0.3, -0.25) is 4.79 Å². The van der Waals surface area contributed by atoms with E-state index in [1.807, 2.05) is 0 Å². The molecule has 2 fully saturated rings. The minimum Gasteiger partial charge on any atom is -0.309 e. The van der Waals surface area contributed by atoms with E-state index in [9.17, 15) is 4.79 Å². The van der Waals surface area contributed by atoms with Gasteiger partial charge in [-0.1, -0.05) is 19.8 Å². The highest BCUT2D eigenvalue weighted by Gasteiger charge is 2.30. The molecule has 1 aromatic rings. The highest BCUT2D eigenvalue weighted by atomic mass is 127. The molecule has 3 rings (SSSR count). The van der Waals surface area contributed by atoms with Crippen LogP contribution in [-0.2, 0) is 0 Å². The van der Waals surface area contributed by atoms with Gasteiger partial charge in [-0.25, -0.2) is 4.98 Å². The molecule has 0 saturated heterocycles. The smallest absolute Gasteiger partial charge is 0.264 e.